The molecule has 0 heterocycles. The van der Waals surface area contributed by atoms with Crippen LogP contribution in [0.3, 0.4) is 0 Å². The molecule has 96 valence electrons. The van der Waals surface area contributed by atoms with Crippen LogP contribution < -0.4 is 5.32 Å². The molecule has 1 N–H and O–H groups in total. The Kier molecular flexibility index (Phi) is 4.35. The number of anilines is 1. The summed E-state index contributed by atoms with van der Waals surface area (Å²) in [5.41, 5.74) is -2.10. The standard InChI is InChI=1S/C10H3ClF2N4O2/c11-8-6(12)1-7(17(18)19)10(9(8)13)16-4-5(2-14)3-15/h1,4,16H. The average Bonchev–Trinajstić information content (AvgIpc) is 2.38. The second-order valence-electron chi connectivity index (χ2n) is 3.06. The minimum atomic E-state index is -1.39. The first-order valence-electron chi connectivity index (χ1n) is 4.51. The summed E-state index contributed by atoms with van der Waals surface area (Å²) < 4.78 is 26.7. The summed E-state index contributed by atoms with van der Waals surface area (Å²) in [7, 11) is 0. The molecular weight excluding hydrogens is 282 g/mol. The lowest BCUT2D eigenvalue weighted by Gasteiger charge is -2.06. The SMILES string of the molecule is N#CC(C#N)=CNc1c([N+](=O)[O-])cc(F)c(Cl)c1F. The zero-order valence-corrected chi connectivity index (χ0v) is 9.70. The third kappa shape index (κ3) is 2.94. The summed E-state index contributed by atoms with van der Waals surface area (Å²) in [5.74, 6) is -2.68. The normalized spacial score (nSPS) is 9.11. The zero-order chi connectivity index (χ0) is 14.6. The highest BCUT2D eigenvalue weighted by atomic mass is 35.5. The van der Waals surface area contributed by atoms with Gasteiger partial charge in [0.15, 0.2) is 17.3 Å². The van der Waals surface area contributed by atoms with Crippen LogP contribution in [0, 0.1) is 44.4 Å². The number of hydrogen-bond donors (Lipinski definition) is 1. The van der Waals surface area contributed by atoms with Crippen molar-refractivity contribution in [1.29, 1.82) is 10.5 Å². The van der Waals surface area contributed by atoms with Crippen molar-refractivity contribution in [3.8, 4) is 12.1 Å². The topological polar surface area (TPSA) is 103 Å². The third-order valence-corrected chi connectivity index (χ3v) is 2.29. The van der Waals surface area contributed by atoms with Crippen LogP contribution in [0.25, 0.3) is 0 Å². The Bertz CT molecular complexity index is 645. The molecule has 0 aliphatic heterocycles. The number of nitrogens with zero attached hydrogens (tertiary/aromatic N) is 3. The molecule has 0 fully saturated rings. The second-order valence-corrected chi connectivity index (χ2v) is 3.44. The molecule has 19 heavy (non-hydrogen) atoms. The average molecular weight is 285 g/mol. The van der Waals surface area contributed by atoms with Crippen LogP contribution in [-0.4, -0.2) is 4.92 Å². The van der Waals surface area contributed by atoms with Gasteiger partial charge in [0, 0.05) is 6.20 Å². The molecule has 0 spiro atoms. The van der Waals surface area contributed by atoms with Gasteiger partial charge in [-0.1, -0.05) is 11.6 Å². The van der Waals surface area contributed by atoms with Gasteiger partial charge in [-0.2, -0.15) is 10.5 Å². The molecular formula is C10H3ClF2N4O2. The van der Waals surface area contributed by atoms with E-state index in [1.165, 1.54) is 12.1 Å². The number of nitrogens with one attached hydrogen (secondary N) is 1. The molecule has 1 rings (SSSR count). The molecule has 0 aromatic heterocycles. The highest BCUT2D eigenvalue weighted by Crippen LogP contribution is 2.34. The lowest BCUT2D eigenvalue weighted by atomic mass is 10.2. The van der Waals surface area contributed by atoms with Gasteiger partial charge in [-0.15, -0.1) is 0 Å². The monoisotopic (exact) mass is 284 g/mol. The van der Waals surface area contributed by atoms with Crippen LogP contribution in [-0.2, 0) is 0 Å². The van der Waals surface area contributed by atoms with E-state index in [0.29, 0.717) is 6.07 Å². The predicted octanol–water partition coefficient (Wildman–Crippen LogP) is 2.87. The molecule has 1 aromatic rings. The summed E-state index contributed by atoms with van der Waals surface area (Å²) in [6, 6.07) is 3.34. The molecule has 0 bridgehead atoms. The van der Waals surface area contributed by atoms with E-state index in [0.717, 1.165) is 6.20 Å². The van der Waals surface area contributed by atoms with Gasteiger partial charge >= 0.3 is 0 Å². The maximum absolute atomic E-state index is 13.6. The lowest BCUT2D eigenvalue weighted by molar-refractivity contribution is -0.384. The number of nitro groups is 1. The Balaban J connectivity index is 3.39. The van der Waals surface area contributed by atoms with Gasteiger partial charge in [0.1, 0.15) is 22.7 Å². The fourth-order valence-corrected chi connectivity index (χ4v) is 1.25. The molecule has 9 heteroatoms. The second kappa shape index (κ2) is 5.76. The Labute approximate surface area is 110 Å². The van der Waals surface area contributed by atoms with E-state index in [9.17, 15) is 18.9 Å². The van der Waals surface area contributed by atoms with Crippen LogP contribution in [0.1, 0.15) is 0 Å². The van der Waals surface area contributed by atoms with Crippen molar-refractivity contribution in [2.24, 2.45) is 0 Å². The van der Waals surface area contributed by atoms with E-state index in [2.05, 4.69) is 5.32 Å². The van der Waals surface area contributed by atoms with E-state index < -0.39 is 38.5 Å². The van der Waals surface area contributed by atoms with Gasteiger partial charge in [0.2, 0.25) is 0 Å². The van der Waals surface area contributed by atoms with Crippen molar-refractivity contribution in [3.63, 3.8) is 0 Å². The summed E-state index contributed by atoms with van der Waals surface area (Å²) in [5, 5.41) is 28.7. The van der Waals surface area contributed by atoms with Crippen molar-refractivity contribution >= 4 is 23.0 Å². The van der Waals surface area contributed by atoms with Crippen molar-refractivity contribution in [3.05, 3.63) is 44.6 Å². The Morgan fingerprint density at radius 2 is 2.05 bits per heavy atom. The number of halogens is 3. The molecule has 0 saturated heterocycles. The van der Waals surface area contributed by atoms with E-state index >= 15 is 0 Å². The molecule has 0 amide bonds. The smallest absolute Gasteiger partial charge is 0.298 e. The highest BCUT2D eigenvalue weighted by molar-refractivity contribution is 6.31. The van der Waals surface area contributed by atoms with Crippen LogP contribution in [0.5, 0.6) is 0 Å². The number of allylic oxidation sites excluding steroid dienone is 1. The summed E-state index contributed by atoms with van der Waals surface area (Å²) >= 11 is 5.28. The minimum absolute atomic E-state index is 0.431. The molecule has 0 aliphatic rings. The summed E-state index contributed by atoms with van der Waals surface area (Å²) in [4.78, 5) is 9.63. The number of hydrogen-bond acceptors (Lipinski definition) is 5. The first kappa shape index (κ1) is 14.4. The maximum Gasteiger partial charge on any atom is 0.298 e. The van der Waals surface area contributed by atoms with Crippen LogP contribution >= 0.6 is 11.6 Å². The number of rotatable bonds is 3. The number of benzene rings is 1. The first-order chi connectivity index (χ1) is 8.92. The van der Waals surface area contributed by atoms with Crippen molar-refractivity contribution < 1.29 is 13.7 Å². The fourth-order valence-electron chi connectivity index (χ4n) is 1.10. The van der Waals surface area contributed by atoms with Crippen LogP contribution in [0.4, 0.5) is 20.2 Å². The van der Waals surface area contributed by atoms with Crippen LogP contribution in [0.15, 0.2) is 17.8 Å². The molecule has 0 aliphatic carbocycles. The van der Waals surface area contributed by atoms with Gasteiger partial charge in [0.05, 0.1) is 11.0 Å². The fraction of sp³-hybridized carbons (Fsp3) is 0. The summed E-state index contributed by atoms with van der Waals surface area (Å²) in [6.45, 7) is 0. The van der Waals surface area contributed by atoms with Gasteiger partial charge in [-0.3, -0.25) is 10.1 Å². The Morgan fingerprint density at radius 1 is 1.47 bits per heavy atom. The molecule has 1 aromatic carbocycles. The molecule has 0 saturated carbocycles. The molecule has 0 radical (unpaired) electrons. The molecule has 0 atom stereocenters. The van der Waals surface area contributed by atoms with E-state index in [1.807, 2.05) is 0 Å². The van der Waals surface area contributed by atoms with Gasteiger partial charge in [-0.05, 0) is 0 Å². The number of nitro benzene ring substituents is 1. The van der Waals surface area contributed by atoms with E-state index in [4.69, 9.17) is 22.1 Å². The predicted molar refractivity (Wildman–Crippen MR) is 61.0 cm³/mol. The Morgan fingerprint density at radius 3 is 2.53 bits per heavy atom. The first-order valence-corrected chi connectivity index (χ1v) is 4.89. The highest BCUT2D eigenvalue weighted by Gasteiger charge is 2.24. The molecule has 6 nitrogen and oxygen atoms in total. The van der Waals surface area contributed by atoms with E-state index in [-0.39, 0.29) is 0 Å². The molecule has 0 unspecified atom stereocenters. The maximum atomic E-state index is 13.6. The zero-order valence-electron chi connectivity index (χ0n) is 8.95. The van der Waals surface area contributed by atoms with Gasteiger partial charge in [-0.25, -0.2) is 8.78 Å². The Hall–Kier alpha value is -2.71. The van der Waals surface area contributed by atoms with Gasteiger partial charge < -0.3 is 5.32 Å². The van der Waals surface area contributed by atoms with Crippen molar-refractivity contribution in [2.75, 3.05) is 5.32 Å². The lowest BCUT2D eigenvalue weighted by Crippen LogP contribution is -2.02. The van der Waals surface area contributed by atoms with Crippen LogP contribution in [0.2, 0.25) is 5.02 Å². The minimum Gasteiger partial charge on any atom is -0.352 e. The largest absolute Gasteiger partial charge is 0.352 e. The van der Waals surface area contributed by atoms with E-state index in [1.54, 1.807) is 0 Å². The van der Waals surface area contributed by atoms with Crippen molar-refractivity contribution in [1.82, 2.24) is 0 Å². The van der Waals surface area contributed by atoms with Gasteiger partial charge in [0.25, 0.3) is 5.69 Å². The number of nitriles is 2. The quantitative estimate of drug-likeness (QED) is 0.398. The summed E-state index contributed by atoms with van der Waals surface area (Å²) in [6.07, 6.45) is 0.750. The van der Waals surface area contributed by atoms with Crippen molar-refractivity contribution in [2.45, 2.75) is 0 Å². The third-order valence-electron chi connectivity index (χ3n) is 1.94.